The minimum atomic E-state index is 0.177. The molecular weight excluding hydrogens is 266 g/mol. The van der Waals surface area contributed by atoms with E-state index < -0.39 is 0 Å². The molecule has 16 heavy (non-hydrogen) atoms. The highest BCUT2D eigenvalue weighted by Crippen LogP contribution is 2.26. The summed E-state index contributed by atoms with van der Waals surface area (Å²) in [6, 6.07) is 6.41. The highest BCUT2D eigenvalue weighted by atomic mass is 79.9. The standard InChI is InChI=1S/C13H20BrNO/c1-9(5-11(7-15)8-16)12-3-4-13(14)10(2)6-12/h3-4,6,9,11,16H,5,7-8,15H2,1-2H3. The summed E-state index contributed by atoms with van der Waals surface area (Å²) in [5.41, 5.74) is 8.16. The van der Waals surface area contributed by atoms with E-state index in [1.165, 1.54) is 11.1 Å². The largest absolute Gasteiger partial charge is 0.396 e. The average Bonchev–Trinajstić information content (AvgIpc) is 2.29. The molecule has 2 atom stereocenters. The van der Waals surface area contributed by atoms with Crippen molar-refractivity contribution in [3.8, 4) is 0 Å². The molecule has 0 aliphatic heterocycles. The summed E-state index contributed by atoms with van der Waals surface area (Å²) in [6.45, 7) is 5.00. The summed E-state index contributed by atoms with van der Waals surface area (Å²) in [5.74, 6) is 0.645. The molecule has 1 aromatic rings. The van der Waals surface area contributed by atoms with Gasteiger partial charge in [-0.3, -0.25) is 0 Å². The van der Waals surface area contributed by atoms with Gasteiger partial charge in [0.25, 0.3) is 0 Å². The van der Waals surface area contributed by atoms with E-state index in [1.807, 2.05) is 0 Å². The summed E-state index contributed by atoms with van der Waals surface area (Å²) in [7, 11) is 0. The van der Waals surface area contributed by atoms with Gasteiger partial charge < -0.3 is 10.8 Å². The maximum absolute atomic E-state index is 9.13. The quantitative estimate of drug-likeness (QED) is 0.874. The number of benzene rings is 1. The van der Waals surface area contributed by atoms with Gasteiger partial charge in [-0.2, -0.15) is 0 Å². The average molecular weight is 286 g/mol. The number of halogens is 1. The number of aliphatic hydroxyl groups is 1. The van der Waals surface area contributed by atoms with Gasteiger partial charge in [0, 0.05) is 11.1 Å². The van der Waals surface area contributed by atoms with Crippen molar-refractivity contribution in [2.75, 3.05) is 13.2 Å². The van der Waals surface area contributed by atoms with Crippen LogP contribution in [0.2, 0.25) is 0 Å². The van der Waals surface area contributed by atoms with Crippen LogP contribution in [-0.4, -0.2) is 18.3 Å². The third kappa shape index (κ3) is 3.58. The fourth-order valence-electron chi connectivity index (χ4n) is 1.86. The number of rotatable bonds is 5. The third-order valence-corrected chi connectivity index (χ3v) is 3.92. The fourth-order valence-corrected chi connectivity index (χ4v) is 2.10. The molecule has 0 spiro atoms. The number of aliphatic hydroxyl groups excluding tert-OH is 1. The molecule has 0 saturated carbocycles. The van der Waals surface area contributed by atoms with Gasteiger partial charge in [0.1, 0.15) is 0 Å². The minimum absolute atomic E-state index is 0.177. The van der Waals surface area contributed by atoms with E-state index in [2.05, 4.69) is 48.0 Å². The molecule has 1 aromatic carbocycles. The molecule has 0 saturated heterocycles. The SMILES string of the molecule is Cc1cc(C(C)CC(CN)CO)ccc1Br. The van der Waals surface area contributed by atoms with E-state index in [4.69, 9.17) is 10.8 Å². The Hall–Kier alpha value is -0.380. The van der Waals surface area contributed by atoms with Crippen molar-refractivity contribution >= 4 is 15.9 Å². The maximum Gasteiger partial charge on any atom is 0.0471 e. The van der Waals surface area contributed by atoms with Gasteiger partial charge in [-0.15, -0.1) is 0 Å². The van der Waals surface area contributed by atoms with Gasteiger partial charge >= 0.3 is 0 Å². The van der Waals surface area contributed by atoms with Crippen LogP contribution in [-0.2, 0) is 0 Å². The van der Waals surface area contributed by atoms with Gasteiger partial charge in [0.2, 0.25) is 0 Å². The Morgan fingerprint density at radius 1 is 1.44 bits per heavy atom. The van der Waals surface area contributed by atoms with Gasteiger partial charge in [-0.25, -0.2) is 0 Å². The van der Waals surface area contributed by atoms with Crippen molar-refractivity contribution < 1.29 is 5.11 Å². The monoisotopic (exact) mass is 285 g/mol. The second kappa shape index (κ2) is 6.38. The van der Waals surface area contributed by atoms with E-state index in [9.17, 15) is 0 Å². The minimum Gasteiger partial charge on any atom is -0.396 e. The molecular formula is C13H20BrNO. The zero-order valence-electron chi connectivity index (χ0n) is 9.91. The van der Waals surface area contributed by atoms with E-state index in [1.54, 1.807) is 0 Å². The Morgan fingerprint density at radius 2 is 2.12 bits per heavy atom. The van der Waals surface area contributed by atoms with Crippen molar-refractivity contribution in [1.29, 1.82) is 0 Å². The molecule has 2 unspecified atom stereocenters. The van der Waals surface area contributed by atoms with Crippen molar-refractivity contribution in [3.05, 3.63) is 33.8 Å². The number of aryl methyl sites for hydroxylation is 1. The van der Waals surface area contributed by atoms with Crippen LogP contribution in [0.5, 0.6) is 0 Å². The zero-order valence-corrected chi connectivity index (χ0v) is 11.5. The smallest absolute Gasteiger partial charge is 0.0471 e. The molecule has 0 amide bonds. The molecule has 0 aliphatic rings. The van der Waals surface area contributed by atoms with Crippen LogP contribution in [0, 0.1) is 12.8 Å². The summed E-state index contributed by atoms with van der Waals surface area (Å²) in [6.07, 6.45) is 0.939. The van der Waals surface area contributed by atoms with Crippen molar-refractivity contribution in [2.45, 2.75) is 26.2 Å². The number of nitrogens with two attached hydrogens (primary N) is 1. The maximum atomic E-state index is 9.13. The highest BCUT2D eigenvalue weighted by Gasteiger charge is 2.13. The molecule has 2 nitrogen and oxygen atoms in total. The molecule has 3 N–H and O–H groups in total. The molecule has 1 rings (SSSR count). The van der Waals surface area contributed by atoms with Gasteiger partial charge in [0.15, 0.2) is 0 Å². The first-order valence-electron chi connectivity index (χ1n) is 5.65. The van der Waals surface area contributed by atoms with Crippen LogP contribution >= 0.6 is 15.9 Å². The van der Waals surface area contributed by atoms with Crippen LogP contribution in [0.15, 0.2) is 22.7 Å². The first-order chi connectivity index (χ1) is 7.58. The third-order valence-electron chi connectivity index (χ3n) is 3.03. The van der Waals surface area contributed by atoms with Crippen LogP contribution in [0.1, 0.15) is 30.4 Å². The molecule has 3 heteroatoms. The van der Waals surface area contributed by atoms with Gasteiger partial charge in [0.05, 0.1) is 0 Å². The highest BCUT2D eigenvalue weighted by molar-refractivity contribution is 9.10. The molecule has 0 fully saturated rings. The summed E-state index contributed by atoms with van der Waals surface area (Å²) >= 11 is 3.50. The second-order valence-electron chi connectivity index (χ2n) is 4.43. The molecule has 0 heterocycles. The first-order valence-corrected chi connectivity index (χ1v) is 6.44. The lowest BCUT2D eigenvalue weighted by atomic mass is 9.90. The van der Waals surface area contributed by atoms with Crippen LogP contribution < -0.4 is 5.73 Å². The van der Waals surface area contributed by atoms with Gasteiger partial charge in [-0.1, -0.05) is 35.0 Å². The second-order valence-corrected chi connectivity index (χ2v) is 5.28. The molecule has 90 valence electrons. The predicted octanol–water partition coefficient (Wildman–Crippen LogP) is 2.82. The first kappa shape index (κ1) is 13.7. The predicted molar refractivity (Wildman–Crippen MR) is 71.5 cm³/mol. The normalized spacial score (nSPS) is 14.8. The Labute approximate surface area is 106 Å². The summed E-state index contributed by atoms with van der Waals surface area (Å²) < 4.78 is 1.14. The summed E-state index contributed by atoms with van der Waals surface area (Å²) in [5, 5.41) is 9.13. The molecule has 0 radical (unpaired) electrons. The zero-order chi connectivity index (χ0) is 12.1. The topological polar surface area (TPSA) is 46.2 Å². The Bertz CT molecular complexity index is 337. The lowest BCUT2D eigenvalue weighted by molar-refractivity contribution is 0.217. The van der Waals surface area contributed by atoms with Crippen molar-refractivity contribution in [3.63, 3.8) is 0 Å². The van der Waals surface area contributed by atoms with Crippen LogP contribution in [0.25, 0.3) is 0 Å². The Morgan fingerprint density at radius 3 is 2.62 bits per heavy atom. The Balaban J connectivity index is 2.72. The fraction of sp³-hybridized carbons (Fsp3) is 0.538. The van der Waals surface area contributed by atoms with E-state index in [0.29, 0.717) is 12.5 Å². The van der Waals surface area contributed by atoms with E-state index in [0.717, 1.165) is 10.9 Å². The van der Waals surface area contributed by atoms with Crippen LogP contribution in [0.4, 0.5) is 0 Å². The lowest BCUT2D eigenvalue weighted by Crippen LogP contribution is -2.20. The van der Waals surface area contributed by atoms with E-state index in [-0.39, 0.29) is 12.5 Å². The molecule has 0 aliphatic carbocycles. The van der Waals surface area contributed by atoms with Crippen molar-refractivity contribution in [1.82, 2.24) is 0 Å². The molecule has 0 bridgehead atoms. The summed E-state index contributed by atoms with van der Waals surface area (Å²) in [4.78, 5) is 0. The van der Waals surface area contributed by atoms with Gasteiger partial charge in [-0.05, 0) is 48.9 Å². The molecule has 0 aromatic heterocycles. The van der Waals surface area contributed by atoms with Crippen LogP contribution in [0.3, 0.4) is 0 Å². The lowest BCUT2D eigenvalue weighted by Gasteiger charge is -2.18. The number of hydrogen-bond acceptors (Lipinski definition) is 2. The Kier molecular flexibility index (Phi) is 5.46. The van der Waals surface area contributed by atoms with E-state index >= 15 is 0 Å². The van der Waals surface area contributed by atoms with Crippen molar-refractivity contribution in [2.24, 2.45) is 11.7 Å². The number of hydrogen-bond donors (Lipinski definition) is 2.